The SMILES string of the molecule is CC(C)C1CCCC(CO)(Nc2ccc(Cl)c(Br)c2)C1. The van der Waals surface area contributed by atoms with E-state index in [1.165, 1.54) is 12.8 Å². The molecule has 2 nitrogen and oxygen atoms in total. The second-order valence-electron chi connectivity index (χ2n) is 6.29. The minimum atomic E-state index is -0.194. The monoisotopic (exact) mass is 359 g/mol. The van der Waals surface area contributed by atoms with Gasteiger partial charge < -0.3 is 10.4 Å². The van der Waals surface area contributed by atoms with Gasteiger partial charge in [0.05, 0.1) is 17.2 Å². The van der Waals surface area contributed by atoms with Gasteiger partial charge in [-0.3, -0.25) is 0 Å². The Hall–Kier alpha value is -0.250. The number of hydrogen-bond acceptors (Lipinski definition) is 2. The Kier molecular flexibility index (Phi) is 5.38. The molecule has 2 atom stereocenters. The molecule has 1 saturated carbocycles. The predicted octanol–water partition coefficient (Wildman–Crippen LogP) is 5.09. The predicted molar refractivity (Wildman–Crippen MR) is 89.4 cm³/mol. The van der Waals surface area contributed by atoms with Crippen LogP contribution in [0, 0.1) is 11.8 Å². The largest absolute Gasteiger partial charge is 0.394 e. The van der Waals surface area contributed by atoms with Crippen molar-refractivity contribution in [3.05, 3.63) is 27.7 Å². The molecule has 2 unspecified atom stereocenters. The molecule has 0 aromatic heterocycles. The molecule has 0 bridgehead atoms. The molecule has 2 rings (SSSR count). The van der Waals surface area contributed by atoms with E-state index in [4.69, 9.17) is 11.6 Å². The number of hydrogen-bond donors (Lipinski definition) is 2. The molecule has 1 aromatic rings. The molecule has 0 saturated heterocycles. The van der Waals surface area contributed by atoms with Crippen molar-refractivity contribution < 1.29 is 5.11 Å². The molecule has 1 aromatic carbocycles. The second-order valence-corrected chi connectivity index (χ2v) is 7.55. The van der Waals surface area contributed by atoms with Crippen LogP contribution in [0.1, 0.15) is 39.5 Å². The van der Waals surface area contributed by atoms with E-state index in [2.05, 4.69) is 35.1 Å². The summed E-state index contributed by atoms with van der Waals surface area (Å²) in [7, 11) is 0. The molecule has 0 aliphatic heterocycles. The summed E-state index contributed by atoms with van der Waals surface area (Å²) in [5.74, 6) is 1.35. The Bertz CT molecular complexity index is 466. The van der Waals surface area contributed by atoms with Crippen molar-refractivity contribution in [2.45, 2.75) is 45.1 Å². The highest BCUT2D eigenvalue weighted by molar-refractivity contribution is 9.10. The van der Waals surface area contributed by atoms with Crippen molar-refractivity contribution in [1.29, 1.82) is 0 Å². The van der Waals surface area contributed by atoms with E-state index in [1.807, 2.05) is 18.2 Å². The lowest BCUT2D eigenvalue weighted by Crippen LogP contribution is -2.47. The number of aliphatic hydroxyl groups excluding tert-OH is 1. The quantitative estimate of drug-likeness (QED) is 0.783. The Morgan fingerprint density at radius 2 is 2.25 bits per heavy atom. The fourth-order valence-corrected chi connectivity index (χ4v) is 3.65. The van der Waals surface area contributed by atoms with Gasteiger partial charge in [0.25, 0.3) is 0 Å². The van der Waals surface area contributed by atoms with Crippen LogP contribution < -0.4 is 5.32 Å². The summed E-state index contributed by atoms with van der Waals surface area (Å²) in [6, 6.07) is 5.84. The maximum atomic E-state index is 9.93. The molecule has 1 aliphatic carbocycles. The summed E-state index contributed by atoms with van der Waals surface area (Å²) in [4.78, 5) is 0. The van der Waals surface area contributed by atoms with Crippen LogP contribution in [0.25, 0.3) is 0 Å². The molecular formula is C16H23BrClNO. The molecule has 2 N–H and O–H groups in total. The molecular weight excluding hydrogens is 338 g/mol. The van der Waals surface area contributed by atoms with Gasteiger partial charge in [0.2, 0.25) is 0 Å². The third-order valence-corrected chi connectivity index (χ3v) is 5.67. The van der Waals surface area contributed by atoms with Crippen LogP contribution in [-0.2, 0) is 0 Å². The van der Waals surface area contributed by atoms with Crippen LogP contribution in [0.15, 0.2) is 22.7 Å². The van der Waals surface area contributed by atoms with Crippen LogP contribution in [0.5, 0.6) is 0 Å². The Morgan fingerprint density at radius 1 is 1.50 bits per heavy atom. The van der Waals surface area contributed by atoms with Gasteiger partial charge in [-0.2, -0.15) is 0 Å². The van der Waals surface area contributed by atoms with Crippen LogP contribution >= 0.6 is 27.5 Å². The first-order valence-electron chi connectivity index (χ1n) is 7.30. The van der Waals surface area contributed by atoms with E-state index in [-0.39, 0.29) is 12.1 Å². The van der Waals surface area contributed by atoms with E-state index in [9.17, 15) is 5.11 Å². The first-order chi connectivity index (χ1) is 9.46. The molecule has 0 heterocycles. The normalized spacial score (nSPS) is 26.8. The summed E-state index contributed by atoms with van der Waals surface area (Å²) < 4.78 is 0.883. The minimum absolute atomic E-state index is 0.177. The third-order valence-electron chi connectivity index (χ3n) is 4.46. The van der Waals surface area contributed by atoms with Crippen molar-refractivity contribution in [2.75, 3.05) is 11.9 Å². The van der Waals surface area contributed by atoms with Gasteiger partial charge in [0, 0.05) is 10.2 Å². The van der Waals surface area contributed by atoms with Crippen LogP contribution in [0.3, 0.4) is 0 Å². The average molecular weight is 361 g/mol. The van der Waals surface area contributed by atoms with Gasteiger partial charge in [-0.05, 0) is 58.8 Å². The Balaban J connectivity index is 2.16. The molecule has 0 amide bonds. The molecule has 0 radical (unpaired) electrons. The number of nitrogens with one attached hydrogen (secondary N) is 1. The van der Waals surface area contributed by atoms with E-state index >= 15 is 0 Å². The van der Waals surface area contributed by atoms with E-state index < -0.39 is 0 Å². The summed E-state index contributed by atoms with van der Waals surface area (Å²) in [5, 5.41) is 14.2. The van der Waals surface area contributed by atoms with E-state index in [1.54, 1.807) is 0 Å². The van der Waals surface area contributed by atoms with Crippen molar-refractivity contribution >= 4 is 33.2 Å². The molecule has 112 valence electrons. The highest BCUT2D eigenvalue weighted by atomic mass is 79.9. The number of aliphatic hydroxyl groups is 1. The number of anilines is 1. The zero-order valence-corrected chi connectivity index (χ0v) is 14.5. The van der Waals surface area contributed by atoms with Gasteiger partial charge in [0.1, 0.15) is 0 Å². The first kappa shape index (κ1) is 16.1. The molecule has 1 fully saturated rings. The lowest BCUT2D eigenvalue weighted by Gasteiger charge is -2.42. The zero-order chi connectivity index (χ0) is 14.8. The second kappa shape index (κ2) is 6.67. The van der Waals surface area contributed by atoms with Crippen molar-refractivity contribution in [3.8, 4) is 0 Å². The average Bonchev–Trinajstić information content (AvgIpc) is 2.43. The summed E-state index contributed by atoms with van der Waals surface area (Å²) in [6.45, 7) is 4.73. The summed E-state index contributed by atoms with van der Waals surface area (Å²) in [5.41, 5.74) is 0.820. The fraction of sp³-hybridized carbons (Fsp3) is 0.625. The number of benzene rings is 1. The van der Waals surface area contributed by atoms with Crippen molar-refractivity contribution in [2.24, 2.45) is 11.8 Å². The molecule has 1 aliphatic rings. The lowest BCUT2D eigenvalue weighted by molar-refractivity contribution is 0.126. The summed E-state index contributed by atoms with van der Waals surface area (Å²) in [6.07, 6.45) is 4.49. The highest BCUT2D eigenvalue weighted by Crippen LogP contribution is 2.39. The van der Waals surface area contributed by atoms with Gasteiger partial charge in [-0.25, -0.2) is 0 Å². The van der Waals surface area contributed by atoms with Crippen LogP contribution in [-0.4, -0.2) is 17.3 Å². The number of halogens is 2. The number of rotatable bonds is 4. The van der Waals surface area contributed by atoms with Gasteiger partial charge >= 0.3 is 0 Å². The fourth-order valence-electron chi connectivity index (χ4n) is 3.15. The lowest BCUT2D eigenvalue weighted by atomic mass is 9.72. The van der Waals surface area contributed by atoms with E-state index in [0.29, 0.717) is 16.9 Å². The maximum absolute atomic E-state index is 9.93. The Labute approximate surface area is 135 Å². The first-order valence-corrected chi connectivity index (χ1v) is 8.47. The smallest absolute Gasteiger partial charge is 0.0661 e. The van der Waals surface area contributed by atoms with Gasteiger partial charge in [-0.15, -0.1) is 0 Å². The molecule has 0 spiro atoms. The molecule has 20 heavy (non-hydrogen) atoms. The van der Waals surface area contributed by atoms with Gasteiger partial charge in [0.15, 0.2) is 0 Å². The maximum Gasteiger partial charge on any atom is 0.0661 e. The molecule has 4 heteroatoms. The van der Waals surface area contributed by atoms with Crippen molar-refractivity contribution in [1.82, 2.24) is 0 Å². The van der Waals surface area contributed by atoms with Crippen LogP contribution in [0.2, 0.25) is 5.02 Å². The van der Waals surface area contributed by atoms with Crippen LogP contribution in [0.4, 0.5) is 5.69 Å². The minimum Gasteiger partial charge on any atom is -0.394 e. The standard InChI is InChI=1S/C16H23BrClNO/c1-11(2)12-4-3-7-16(9-12,10-20)19-13-5-6-15(18)14(17)8-13/h5-6,8,11-12,19-20H,3-4,7,9-10H2,1-2H3. The van der Waals surface area contributed by atoms with Gasteiger partial charge in [-0.1, -0.05) is 38.3 Å². The third kappa shape index (κ3) is 3.69. The highest BCUT2D eigenvalue weighted by Gasteiger charge is 2.36. The topological polar surface area (TPSA) is 32.3 Å². The van der Waals surface area contributed by atoms with E-state index in [0.717, 1.165) is 23.0 Å². The van der Waals surface area contributed by atoms with Crippen molar-refractivity contribution in [3.63, 3.8) is 0 Å². The zero-order valence-electron chi connectivity index (χ0n) is 12.1. The summed E-state index contributed by atoms with van der Waals surface area (Å²) >= 11 is 9.48. The Morgan fingerprint density at radius 3 is 2.85 bits per heavy atom.